The molecule has 0 saturated carbocycles. The van der Waals surface area contributed by atoms with Crippen LogP contribution in [0.2, 0.25) is 0 Å². The van der Waals surface area contributed by atoms with Gasteiger partial charge in [0.15, 0.2) is 0 Å². The molecule has 0 atom stereocenters. The van der Waals surface area contributed by atoms with E-state index >= 15 is 0 Å². The number of carboxylic acid groups (broad SMARTS) is 1. The van der Waals surface area contributed by atoms with E-state index in [9.17, 15) is 9.59 Å². The quantitative estimate of drug-likeness (QED) is 0.726. The second-order valence-electron chi connectivity index (χ2n) is 3.61. The summed E-state index contributed by atoms with van der Waals surface area (Å²) in [6.45, 7) is 0.687. The molecule has 6 nitrogen and oxygen atoms in total. The molecule has 1 aromatic rings. The number of nitrogens with zero attached hydrogens (tertiary/aromatic N) is 1. The SMILES string of the molecule is CN(Cc1cccs1)C(=O)NCCOCC(=O)O. The van der Waals surface area contributed by atoms with Crippen LogP contribution in [0.4, 0.5) is 4.79 Å². The number of urea groups is 1. The van der Waals surface area contributed by atoms with Gasteiger partial charge in [-0.1, -0.05) is 6.07 Å². The minimum atomic E-state index is -1.02. The van der Waals surface area contributed by atoms with Crippen molar-refractivity contribution in [3.05, 3.63) is 22.4 Å². The Morgan fingerprint density at radius 3 is 2.94 bits per heavy atom. The van der Waals surface area contributed by atoms with E-state index in [-0.39, 0.29) is 19.2 Å². The monoisotopic (exact) mass is 272 g/mol. The van der Waals surface area contributed by atoms with Crippen molar-refractivity contribution in [3.8, 4) is 0 Å². The van der Waals surface area contributed by atoms with Crippen LogP contribution < -0.4 is 5.32 Å². The number of carbonyl (C=O) groups is 2. The number of amides is 2. The fourth-order valence-electron chi connectivity index (χ4n) is 1.23. The van der Waals surface area contributed by atoms with E-state index in [1.807, 2.05) is 17.5 Å². The Balaban J connectivity index is 2.14. The highest BCUT2D eigenvalue weighted by atomic mass is 32.1. The molecule has 0 aromatic carbocycles. The molecule has 0 aliphatic carbocycles. The summed E-state index contributed by atoms with van der Waals surface area (Å²) in [5, 5.41) is 12.9. The molecule has 7 heteroatoms. The summed E-state index contributed by atoms with van der Waals surface area (Å²) in [5.74, 6) is -1.02. The lowest BCUT2D eigenvalue weighted by molar-refractivity contribution is -0.142. The van der Waals surface area contributed by atoms with Gasteiger partial charge in [-0.25, -0.2) is 9.59 Å². The molecule has 0 bridgehead atoms. The van der Waals surface area contributed by atoms with Crippen molar-refractivity contribution >= 4 is 23.3 Å². The van der Waals surface area contributed by atoms with Gasteiger partial charge in [-0.3, -0.25) is 0 Å². The number of hydrogen-bond donors (Lipinski definition) is 2. The Labute approximate surface area is 109 Å². The molecule has 2 N–H and O–H groups in total. The summed E-state index contributed by atoms with van der Waals surface area (Å²) in [7, 11) is 1.70. The zero-order valence-electron chi connectivity index (χ0n) is 10.1. The van der Waals surface area contributed by atoms with E-state index in [1.54, 1.807) is 23.3 Å². The van der Waals surface area contributed by atoms with Crippen LogP contribution in [0, 0.1) is 0 Å². The zero-order valence-corrected chi connectivity index (χ0v) is 10.9. The van der Waals surface area contributed by atoms with E-state index in [0.717, 1.165) is 4.88 Å². The number of rotatable bonds is 7. The van der Waals surface area contributed by atoms with Gasteiger partial charge in [-0.15, -0.1) is 11.3 Å². The number of ether oxygens (including phenoxy) is 1. The first kappa shape index (κ1) is 14.5. The number of nitrogens with one attached hydrogen (secondary N) is 1. The second kappa shape index (κ2) is 7.67. The topological polar surface area (TPSA) is 78.9 Å². The van der Waals surface area contributed by atoms with Crippen LogP contribution in [-0.2, 0) is 16.1 Å². The third-order valence-electron chi connectivity index (χ3n) is 2.07. The van der Waals surface area contributed by atoms with E-state index < -0.39 is 5.97 Å². The van der Waals surface area contributed by atoms with Gasteiger partial charge in [0.25, 0.3) is 0 Å². The molecule has 1 rings (SSSR count). The Hall–Kier alpha value is -1.60. The maximum Gasteiger partial charge on any atom is 0.329 e. The maximum absolute atomic E-state index is 11.6. The van der Waals surface area contributed by atoms with Gasteiger partial charge < -0.3 is 20.1 Å². The van der Waals surface area contributed by atoms with Crippen molar-refractivity contribution in [3.63, 3.8) is 0 Å². The summed E-state index contributed by atoms with van der Waals surface area (Å²) >= 11 is 1.59. The smallest absolute Gasteiger partial charge is 0.329 e. The van der Waals surface area contributed by atoms with Crippen LogP contribution in [0.3, 0.4) is 0 Å². The Kier molecular flexibility index (Phi) is 6.16. The lowest BCUT2D eigenvalue weighted by atomic mass is 10.4. The third kappa shape index (κ3) is 5.65. The van der Waals surface area contributed by atoms with Gasteiger partial charge in [0.2, 0.25) is 0 Å². The van der Waals surface area contributed by atoms with E-state index in [1.165, 1.54) is 0 Å². The van der Waals surface area contributed by atoms with Gasteiger partial charge in [-0.05, 0) is 11.4 Å². The number of hydrogen-bond acceptors (Lipinski definition) is 4. The van der Waals surface area contributed by atoms with Gasteiger partial charge >= 0.3 is 12.0 Å². The predicted molar refractivity (Wildman–Crippen MR) is 67.6 cm³/mol. The first-order valence-electron chi connectivity index (χ1n) is 5.40. The van der Waals surface area contributed by atoms with Crippen LogP contribution in [0.25, 0.3) is 0 Å². The normalized spacial score (nSPS) is 10.1. The number of carbonyl (C=O) groups excluding carboxylic acids is 1. The summed E-state index contributed by atoms with van der Waals surface area (Å²) < 4.78 is 4.80. The van der Waals surface area contributed by atoms with E-state index in [2.05, 4.69) is 5.32 Å². The molecule has 0 unspecified atom stereocenters. The lowest BCUT2D eigenvalue weighted by Gasteiger charge is -2.16. The van der Waals surface area contributed by atoms with Crippen molar-refractivity contribution < 1.29 is 19.4 Å². The van der Waals surface area contributed by atoms with Crippen LogP contribution >= 0.6 is 11.3 Å². The molecule has 0 radical (unpaired) electrons. The number of carboxylic acids is 1. The average molecular weight is 272 g/mol. The fourth-order valence-corrected chi connectivity index (χ4v) is 1.99. The Morgan fingerprint density at radius 1 is 1.56 bits per heavy atom. The number of thiophene rings is 1. The van der Waals surface area contributed by atoms with Crippen molar-refractivity contribution in [1.29, 1.82) is 0 Å². The second-order valence-corrected chi connectivity index (χ2v) is 4.65. The van der Waals surface area contributed by atoms with E-state index in [0.29, 0.717) is 13.1 Å². The van der Waals surface area contributed by atoms with Crippen LogP contribution in [0.15, 0.2) is 17.5 Å². The van der Waals surface area contributed by atoms with Crippen molar-refractivity contribution in [2.45, 2.75) is 6.54 Å². The highest BCUT2D eigenvalue weighted by Crippen LogP contribution is 2.10. The molecular weight excluding hydrogens is 256 g/mol. The Morgan fingerprint density at radius 2 is 2.33 bits per heavy atom. The van der Waals surface area contributed by atoms with Crippen LogP contribution in [0.1, 0.15) is 4.88 Å². The van der Waals surface area contributed by atoms with Gasteiger partial charge in [-0.2, -0.15) is 0 Å². The molecule has 0 spiro atoms. The number of aliphatic carboxylic acids is 1. The zero-order chi connectivity index (χ0) is 13.4. The van der Waals surface area contributed by atoms with Crippen LogP contribution in [-0.4, -0.2) is 48.8 Å². The summed E-state index contributed by atoms with van der Waals surface area (Å²) in [6, 6.07) is 3.69. The molecule has 100 valence electrons. The predicted octanol–water partition coefficient (Wildman–Crippen LogP) is 0.991. The minimum absolute atomic E-state index is 0.185. The molecule has 1 heterocycles. The molecule has 0 fully saturated rings. The minimum Gasteiger partial charge on any atom is -0.480 e. The summed E-state index contributed by atoms with van der Waals surface area (Å²) in [5.41, 5.74) is 0. The standard InChI is InChI=1S/C11H16N2O4S/c1-13(7-9-3-2-6-18-9)11(16)12-4-5-17-8-10(14)15/h2-3,6H,4-5,7-8H2,1H3,(H,12,16)(H,14,15). The first-order chi connectivity index (χ1) is 8.59. The van der Waals surface area contributed by atoms with E-state index in [4.69, 9.17) is 9.84 Å². The van der Waals surface area contributed by atoms with Crippen LogP contribution in [0.5, 0.6) is 0 Å². The molecular formula is C11H16N2O4S. The molecule has 0 saturated heterocycles. The average Bonchev–Trinajstić information content (AvgIpc) is 2.80. The lowest BCUT2D eigenvalue weighted by Crippen LogP contribution is -2.38. The first-order valence-corrected chi connectivity index (χ1v) is 6.28. The molecule has 18 heavy (non-hydrogen) atoms. The summed E-state index contributed by atoms with van der Waals surface area (Å²) in [4.78, 5) is 24.4. The highest BCUT2D eigenvalue weighted by molar-refractivity contribution is 7.09. The van der Waals surface area contributed by atoms with Crippen molar-refractivity contribution in [1.82, 2.24) is 10.2 Å². The largest absolute Gasteiger partial charge is 0.480 e. The highest BCUT2D eigenvalue weighted by Gasteiger charge is 2.08. The molecule has 1 aromatic heterocycles. The van der Waals surface area contributed by atoms with Crippen molar-refractivity contribution in [2.24, 2.45) is 0 Å². The van der Waals surface area contributed by atoms with Gasteiger partial charge in [0.05, 0.1) is 13.2 Å². The molecule has 0 aliphatic heterocycles. The third-order valence-corrected chi connectivity index (χ3v) is 2.93. The van der Waals surface area contributed by atoms with Gasteiger partial charge in [0.1, 0.15) is 6.61 Å². The Bertz CT molecular complexity index is 380. The fraction of sp³-hybridized carbons (Fsp3) is 0.455. The maximum atomic E-state index is 11.6. The molecule has 0 aliphatic rings. The summed E-state index contributed by atoms with van der Waals surface area (Å²) in [6.07, 6.45) is 0. The van der Waals surface area contributed by atoms with Gasteiger partial charge in [0, 0.05) is 18.5 Å². The van der Waals surface area contributed by atoms with Crippen molar-refractivity contribution in [2.75, 3.05) is 26.8 Å². The molecule has 2 amide bonds.